The zero-order valence-electron chi connectivity index (χ0n) is 13.2. The maximum Gasteiger partial charge on any atom is 0.311 e. The maximum atomic E-state index is 11.3. The SMILES string of the molecule is CC1CCCCOC1=O.CC1CCCOC(=O)C1(C)C. The summed E-state index contributed by atoms with van der Waals surface area (Å²) >= 11 is 0. The molecular formula is C16H28O4. The third-order valence-electron chi connectivity index (χ3n) is 4.45. The van der Waals surface area contributed by atoms with Crippen LogP contribution in [0.4, 0.5) is 0 Å². The van der Waals surface area contributed by atoms with Crippen LogP contribution in [0, 0.1) is 17.3 Å². The first-order valence-corrected chi connectivity index (χ1v) is 7.69. The molecule has 0 aromatic heterocycles. The minimum absolute atomic E-state index is 0.0208. The van der Waals surface area contributed by atoms with Gasteiger partial charge in [0, 0.05) is 0 Å². The first kappa shape index (κ1) is 17.0. The fourth-order valence-electron chi connectivity index (χ4n) is 2.29. The minimum atomic E-state index is -0.281. The van der Waals surface area contributed by atoms with Gasteiger partial charge in [-0.25, -0.2) is 0 Å². The van der Waals surface area contributed by atoms with Crippen molar-refractivity contribution in [2.45, 2.75) is 59.8 Å². The molecule has 2 heterocycles. The standard InChI is InChI=1S/C9H16O2.C7H12O2/c1-7-5-4-6-11-8(10)9(7,2)3;1-6-4-2-3-5-9-7(6)8/h7H,4-6H2,1-3H3;6H,2-5H2,1H3. The lowest BCUT2D eigenvalue weighted by atomic mass is 9.78. The first-order chi connectivity index (χ1) is 9.35. The molecular weight excluding hydrogens is 256 g/mol. The molecule has 0 aliphatic carbocycles. The lowest BCUT2D eigenvalue weighted by Gasteiger charge is -2.25. The zero-order valence-corrected chi connectivity index (χ0v) is 13.2. The quantitative estimate of drug-likeness (QED) is 0.640. The number of hydrogen-bond donors (Lipinski definition) is 0. The van der Waals surface area contributed by atoms with Gasteiger partial charge in [0.1, 0.15) is 0 Å². The summed E-state index contributed by atoms with van der Waals surface area (Å²) in [5.74, 6) is 0.514. The van der Waals surface area contributed by atoms with Crippen molar-refractivity contribution in [2.75, 3.05) is 13.2 Å². The second kappa shape index (κ2) is 7.65. The van der Waals surface area contributed by atoms with Crippen LogP contribution < -0.4 is 0 Å². The Kier molecular flexibility index (Phi) is 6.50. The minimum Gasteiger partial charge on any atom is -0.465 e. The van der Waals surface area contributed by atoms with Gasteiger partial charge in [0.25, 0.3) is 0 Å². The van der Waals surface area contributed by atoms with Gasteiger partial charge in [-0.1, -0.05) is 13.8 Å². The Labute approximate surface area is 122 Å². The molecule has 20 heavy (non-hydrogen) atoms. The third-order valence-corrected chi connectivity index (χ3v) is 4.45. The molecule has 0 spiro atoms. The van der Waals surface area contributed by atoms with Crippen molar-refractivity contribution in [2.24, 2.45) is 17.3 Å². The van der Waals surface area contributed by atoms with Crippen molar-refractivity contribution >= 4 is 11.9 Å². The van der Waals surface area contributed by atoms with Crippen LogP contribution in [0.2, 0.25) is 0 Å². The third kappa shape index (κ3) is 4.80. The van der Waals surface area contributed by atoms with Crippen molar-refractivity contribution in [1.29, 1.82) is 0 Å². The predicted octanol–water partition coefficient (Wildman–Crippen LogP) is 3.34. The molecule has 2 fully saturated rings. The van der Waals surface area contributed by atoms with Crippen LogP contribution in [0.5, 0.6) is 0 Å². The molecule has 2 saturated heterocycles. The highest BCUT2D eigenvalue weighted by molar-refractivity contribution is 5.76. The van der Waals surface area contributed by atoms with E-state index in [1.165, 1.54) is 0 Å². The molecule has 0 aromatic carbocycles. The summed E-state index contributed by atoms with van der Waals surface area (Å²) in [6.07, 6.45) is 5.27. The van der Waals surface area contributed by atoms with Crippen LogP contribution in [-0.2, 0) is 19.1 Å². The van der Waals surface area contributed by atoms with Crippen LogP contribution in [0.25, 0.3) is 0 Å². The highest BCUT2D eigenvalue weighted by atomic mass is 16.5. The molecule has 0 N–H and O–H groups in total. The Morgan fingerprint density at radius 1 is 0.950 bits per heavy atom. The molecule has 0 radical (unpaired) electrons. The second-order valence-corrected chi connectivity index (χ2v) is 6.47. The molecule has 4 nitrogen and oxygen atoms in total. The van der Waals surface area contributed by atoms with Gasteiger partial charge in [-0.3, -0.25) is 9.59 Å². The van der Waals surface area contributed by atoms with Gasteiger partial charge in [-0.15, -0.1) is 0 Å². The van der Waals surface area contributed by atoms with E-state index in [2.05, 4.69) is 6.92 Å². The number of ether oxygens (including phenoxy) is 2. The smallest absolute Gasteiger partial charge is 0.311 e. The summed E-state index contributed by atoms with van der Waals surface area (Å²) in [5, 5.41) is 0. The van der Waals surface area contributed by atoms with E-state index in [0.717, 1.165) is 32.1 Å². The molecule has 0 amide bonds. The number of carbonyl (C=O) groups is 2. The molecule has 0 bridgehead atoms. The van der Waals surface area contributed by atoms with Crippen molar-refractivity contribution in [3.05, 3.63) is 0 Å². The molecule has 116 valence electrons. The van der Waals surface area contributed by atoms with Crippen molar-refractivity contribution in [1.82, 2.24) is 0 Å². The Bertz CT molecular complexity index is 335. The Morgan fingerprint density at radius 3 is 2.30 bits per heavy atom. The Balaban J connectivity index is 0.000000204. The van der Waals surface area contributed by atoms with Gasteiger partial charge < -0.3 is 9.47 Å². The van der Waals surface area contributed by atoms with E-state index in [0.29, 0.717) is 19.1 Å². The van der Waals surface area contributed by atoms with Crippen molar-refractivity contribution in [3.8, 4) is 0 Å². The van der Waals surface area contributed by atoms with Gasteiger partial charge in [-0.05, 0) is 51.9 Å². The molecule has 0 saturated carbocycles. The maximum absolute atomic E-state index is 11.3. The van der Waals surface area contributed by atoms with E-state index < -0.39 is 0 Å². The summed E-state index contributed by atoms with van der Waals surface area (Å²) in [6, 6.07) is 0. The van der Waals surface area contributed by atoms with Crippen molar-refractivity contribution < 1.29 is 19.1 Å². The predicted molar refractivity (Wildman–Crippen MR) is 77.1 cm³/mol. The first-order valence-electron chi connectivity index (χ1n) is 7.69. The van der Waals surface area contributed by atoms with Crippen LogP contribution in [0.3, 0.4) is 0 Å². The van der Waals surface area contributed by atoms with Crippen LogP contribution in [-0.4, -0.2) is 25.2 Å². The number of hydrogen-bond acceptors (Lipinski definition) is 4. The lowest BCUT2D eigenvalue weighted by molar-refractivity contribution is -0.154. The van der Waals surface area contributed by atoms with E-state index in [9.17, 15) is 9.59 Å². The molecule has 2 unspecified atom stereocenters. The highest BCUT2D eigenvalue weighted by Crippen LogP contribution is 2.33. The monoisotopic (exact) mass is 284 g/mol. The van der Waals surface area contributed by atoms with E-state index in [-0.39, 0.29) is 23.3 Å². The van der Waals surface area contributed by atoms with Crippen LogP contribution >= 0.6 is 0 Å². The van der Waals surface area contributed by atoms with Crippen LogP contribution in [0.1, 0.15) is 59.8 Å². The van der Waals surface area contributed by atoms with Gasteiger partial charge in [0.15, 0.2) is 0 Å². The summed E-state index contributed by atoms with van der Waals surface area (Å²) < 4.78 is 9.93. The fourth-order valence-corrected chi connectivity index (χ4v) is 2.29. The highest BCUT2D eigenvalue weighted by Gasteiger charge is 2.36. The second-order valence-electron chi connectivity index (χ2n) is 6.47. The Hall–Kier alpha value is -1.06. The molecule has 2 atom stereocenters. The van der Waals surface area contributed by atoms with Gasteiger partial charge in [0.05, 0.1) is 24.5 Å². The fraction of sp³-hybridized carbons (Fsp3) is 0.875. The molecule has 2 aliphatic rings. The van der Waals surface area contributed by atoms with E-state index >= 15 is 0 Å². The normalized spacial score (nSPS) is 30.0. The lowest BCUT2D eigenvalue weighted by Crippen LogP contribution is -2.30. The van der Waals surface area contributed by atoms with E-state index in [4.69, 9.17) is 9.47 Å². The van der Waals surface area contributed by atoms with E-state index in [1.54, 1.807) is 0 Å². The number of rotatable bonds is 0. The summed E-state index contributed by atoms with van der Waals surface area (Å²) in [5.41, 5.74) is -0.281. The average Bonchev–Trinajstić information content (AvgIpc) is 2.65. The van der Waals surface area contributed by atoms with Crippen molar-refractivity contribution in [3.63, 3.8) is 0 Å². The van der Waals surface area contributed by atoms with E-state index in [1.807, 2.05) is 20.8 Å². The van der Waals surface area contributed by atoms with Gasteiger partial charge in [-0.2, -0.15) is 0 Å². The number of esters is 2. The van der Waals surface area contributed by atoms with Gasteiger partial charge >= 0.3 is 11.9 Å². The average molecular weight is 284 g/mol. The topological polar surface area (TPSA) is 52.6 Å². The van der Waals surface area contributed by atoms with Crippen LogP contribution in [0.15, 0.2) is 0 Å². The molecule has 4 heteroatoms. The zero-order chi connectivity index (χ0) is 15.2. The molecule has 2 rings (SSSR count). The summed E-state index contributed by atoms with van der Waals surface area (Å²) in [6.45, 7) is 9.20. The number of carbonyl (C=O) groups excluding carboxylic acids is 2. The summed E-state index contributed by atoms with van der Waals surface area (Å²) in [4.78, 5) is 22.1. The molecule has 2 aliphatic heterocycles. The molecule has 0 aromatic rings. The summed E-state index contributed by atoms with van der Waals surface area (Å²) in [7, 11) is 0. The largest absolute Gasteiger partial charge is 0.465 e. The Morgan fingerprint density at radius 2 is 1.60 bits per heavy atom. The number of cyclic esters (lactones) is 2. The van der Waals surface area contributed by atoms with Gasteiger partial charge in [0.2, 0.25) is 0 Å².